The number of aromatic nitrogens is 2. The number of hydrogen-bond acceptors (Lipinski definition) is 5. The highest BCUT2D eigenvalue weighted by Gasteiger charge is 2.21. The van der Waals surface area contributed by atoms with Crippen molar-refractivity contribution in [2.45, 2.75) is 19.8 Å². The molecule has 3 aromatic rings. The number of amides is 1. The zero-order valence-corrected chi connectivity index (χ0v) is 14.2. The third-order valence-corrected chi connectivity index (χ3v) is 5.09. The molecule has 1 amide bonds. The fraction of sp³-hybridized carbons (Fsp3) is 0.235. The van der Waals surface area contributed by atoms with Gasteiger partial charge in [-0.15, -0.1) is 0 Å². The molecular weight excluding hydrogens is 342 g/mol. The lowest BCUT2D eigenvalue weighted by Gasteiger charge is -2.18. The van der Waals surface area contributed by atoms with Gasteiger partial charge in [-0.3, -0.25) is 9.20 Å². The van der Waals surface area contributed by atoms with Crippen molar-refractivity contribution >= 4 is 33.9 Å². The molecule has 0 aliphatic carbocycles. The molecule has 0 spiro atoms. The fourth-order valence-corrected chi connectivity index (χ4v) is 3.90. The number of carbonyl (C=O) groups is 2. The number of fused-ring (bicyclic) bond motifs is 2. The van der Waals surface area contributed by atoms with Gasteiger partial charge in [-0.1, -0.05) is 24.7 Å². The third kappa shape index (κ3) is 2.64. The summed E-state index contributed by atoms with van der Waals surface area (Å²) in [7, 11) is 0. The lowest BCUT2D eigenvalue weighted by molar-refractivity contribution is -0.118. The van der Waals surface area contributed by atoms with Crippen molar-refractivity contribution in [2.75, 3.05) is 11.9 Å². The summed E-state index contributed by atoms with van der Waals surface area (Å²) in [5.41, 5.74) is 2.94. The van der Waals surface area contributed by atoms with Crippen LogP contribution < -0.4 is 10.1 Å². The Morgan fingerprint density at radius 1 is 1.48 bits per heavy atom. The van der Waals surface area contributed by atoms with Gasteiger partial charge in [0.1, 0.15) is 10.6 Å². The summed E-state index contributed by atoms with van der Waals surface area (Å²) in [4.78, 5) is 28.5. The molecule has 1 aromatic carbocycles. The molecule has 0 bridgehead atoms. The van der Waals surface area contributed by atoms with E-state index in [1.807, 2.05) is 29.7 Å². The van der Waals surface area contributed by atoms with E-state index in [0.29, 0.717) is 27.7 Å². The van der Waals surface area contributed by atoms with Crippen LogP contribution in [0.4, 0.5) is 5.69 Å². The van der Waals surface area contributed by atoms with Crippen molar-refractivity contribution in [3.05, 3.63) is 35.0 Å². The van der Waals surface area contributed by atoms with E-state index in [1.165, 1.54) is 11.3 Å². The molecule has 3 heterocycles. The van der Waals surface area contributed by atoms with E-state index >= 15 is 0 Å². The Balaban J connectivity index is 1.79. The molecule has 0 saturated carbocycles. The van der Waals surface area contributed by atoms with Crippen molar-refractivity contribution in [3.63, 3.8) is 0 Å². The number of carboxylic acids is 1. The number of carbonyl (C=O) groups excluding carboxylic acids is 1. The third-order valence-electron chi connectivity index (χ3n) is 4.01. The number of aryl methyl sites for hydroxylation is 1. The van der Waals surface area contributed by atoms with Crippen LogP contribution in [-0.4, -0.2) is 33.0 Å². The van der Waals surface area contributed by atoms with E-state index in [2.05, 4.69) is 10.3 Å². The average molecular weight is 357 g/mol. The molecule has 2 N–H and O–H groups in total. The highest BCUT2D eigenvalue weighted by molar-refractivity contribution is 7.19. The van der Waals surface area contributed by atoms with Crippen molar-refractivity contribution in [2.24, 2.45) is 0 Å². The number of rotatable bonds is 4. The lowest BCUT2D eigenvalue weighted by atomic mass is 10.1. The minimum Gasteiger partial charge on any atom is -0.482 e. The van der Waals surface area contributed by atoms with Crippen molar-refractivity contribution in [3.8, 4) is 17.0 Å². The van der Waals surface area contributed by atoms with Crippen LogP contribution in [0.25, 0.3) is 16.2 Å². The quantitative estimate of drug-likeness (QED) is 0.749. The molecule has 1 aliphatic heterocycles. The van der Waals surface area contributed by atoms with Gasteiger partial charge in [0, 0.05) is 17.5 Å². The zero-order valence-electron chi connectivity index (χ0n) is 13.4. The molecular formula is C17H15N3O4S. The number of ether oxygens (including phenoxy) is 1. The number of thiazole rings is 1. The van der Waals surface area contributed by atoms with Gasteiger partial charge in [-0.2, -0.15) is 0 Å². The molecule has 8 heteroatoms. The molecule has 25 heavy (non-hydrogen) atoms. The summed E-state index contributed by atoms with van der Waals surface area (Å²) in [6.07, 6.45) is 3.36. The van der Waals surface area contributed by atoms with E-state index in [-0.39, 0.29) is 12.5 Å². The summed E-state index contributed by atoms with van der Waals surface area (Å²) < 4.78 is 7.21. The molecule has 0 saturated heterocycles. The minimum atomic E-state index is -0.922. The van der Waals surface area contributed by atoms with Crippen molar-refractivity contribution in [1.82, 2.24) is 9.38 Å². The standard InChI is InChI=1S/C17H15N3O4S/c1-2-3-12-15(16(22)23)25-17-19-11(7-20(12)17)9-4-5-13-10(6-9)18-14(21)8-24-13/h4-7H,2-3,8H2,1H3,(H,18,21)(H,22,23). The molecule has 0 radical (unpaired) electrons. The molecule has 128 valence electrons. The van der Waals surface area contributed by atoms with Crippen molar-refractivity contribution < 1.29 is 19.4 Å². The molecule has 4 rings (SSSR count). The Labute approximate surface area is 146 Å². The van der Waals surface area contributed by atoms with Gasteiger partial charge in [0.05, 0.1) is 11.4 Å². The Kier molecular flexibility index (Phi) is 3.69. The van der Waals surface area contributed by atoms with E-state index in [0.717, 1.165) is 23.4 Å². The second-order valence-electron chi connectivity index (χ2n) is 5.76. The number of imidazole rings is 1. The van der Waals surface area contributed by atoms with E-state index in [9.17, 15) is 14.7 Å². The number of aromatic carboxylic acids is 1. The first-order valence-corrected chi connectivity index (χ1v) is 8.69. The van der Waals surface area contributed by atoms with Crippen LogP contribution >= 0.6 is 11.3 Å². The van der Waals surface area contributed by atoms with Gasteiger partial charge in [0.15, 0.2) is 11.6 Å². The Morgan fingerprint density at radius 2 is 2.32 bits per heavy atom. The number of nitrogens with zero attached hydrogens (tertiary/aromatic N) is 2. The number of anilines is 1. The summed E-state index contributed by atoms with van der Waals surface area (Å²) >= 11 is 1.17. The summed E-state index contributed by atoms with van der Waals surface area (Å²) in [5, 5.41) is 12.2. The average Bonchev–Trinajstić information content (AvgIpc) is 3.14. The van der Waals surface area contributed by atoms with Gasteiger partial charge in [-0.05, 0) is 24.6 Å². The molecule has 7 nitrogen and oxygen atoms in total. The lowest BCUT2D eigenvalue weighted by Crippen LogP contribution is -2.25. The SMILES string of the molecule is CCCc1c(C(=O)O)sc2nc(-c3ccc4c(c3)NC(=O)CO4)cn12. The van der Waals surface area contributed by atoms with E-state index in [1.54, 1.807) is 6.07 Å². The monoisotopic (exact) mass is 357 g/mol. The molecule has 0 fully saturated rings. The van der Waals surface area contributed by atoms with Gasteiger partial charge < -0.3 is 15.2 Å². The minimum absolute atomic E-state index is 0.0187. The molecule has 0 atom stereocenters. The number of hydrogen-bond donors (Lipinski definition) is 2. The van der Waals surface area contributed by atoms with Crippen LogP contribution in [0.15, 0.2) is 24.4 Å². The van der Waals surface area contributed by atoms with Crippen LogP contribution in [-0.2, 0) is 11.2 Å². The molecule has 2 aromatic heterocycles. The highest BCUT2D eigenvalue weighted by Crippen LogP contribution is 2.34. The van der Waals surface area contributed by atoms with Gasteiger partial charge in [0.25, 0.3) is 5.91 Å². The Bertz CT molecular complexity index is 1000. The van der Waals surface area contributed by atoms with Crippen LogP contribution in [0.2, 0.25) is 0 Å². The Hall–Kier alpha value is -2.87. The van der Waals surface area contributed by atoms with Crippen molar-refractivity contribution in [1.29, 1.82) is 0 Å². The van der Waals surface area contributed by atoms with Crippen LogP contribution in [0, 0.1) is 0 Å². The van der Waals surface area contributed by atoms with Gasteiger partial charge in [0.2, 0.25) is 0 Å². The summed E-state index contributed by atoms with van der Waals surface area (Å²) in [6, 6.07) is 5.49. The van der Waals surface area contributed by atoms with E-state index < -0.39 is 5.97 Å². The first kappa shape index (κ1) is 15.6. The second-order valence-corrected chi connectivity index (χ2v) is 6.74. The maximum absolute atomic E-state index is 11.5. The summed E-state index contributed by atoms with van der Waals surface area (Å²) in [6.45, 7) is 2.03. The first-order valence-electron chi connectivity index (χ1n) is 7.88. The van der Waals surface area contributed by atoms with Gasteiger partial charge in [-0.25, -0.2) is 9.78 Å². The number of carboxylic acid groups (broad SMARTS) is 1. The van der Waals surface area contributed by atoms with E-state index in [4.69, 9.17) is 4.74 Å². The maximum Gasteiger partial charge on any atom is 0.347 e. The maximum atomic E-state index is 11.5. The molecule has 0 unspecified atom stereocenters. The normalized spacial score (nSPS) is 13.4. The predicted octanol–water partition coefficient (Wildman–Crippen LogP) is 3.04. The number of nitrogens with one attached hydrogen (secondary N) is 1. The van der Waals surface area contributed by atoms with Crippen LogP contribution in [0.1, 0.15) is 28.7 Å². The largest absolute Gasteiger partial charge is 0.482 e. The smallest absolute Gasteiger partial charge is 0.347 e. The predicted molar refractivity (Wildman–Crippen MR) is 93.6 cm³/mol. The highest BCUT2D eigenvalue weighted by atomic mass is 32.1. The van der Waals surface area contributed by atoms with Gasteiger partial charge >= 0.3 is 5.97 Å². The first-order chi connectivity index (χ1) is 12.1. The molecule has 1 aliphatic rings. The Morgan fingerprint density at radius 3 is 3.08 bits per heavy atom. The van der Waals surface area contributed by atoms with Crippen LogP contribution in [0.3, 0.4) is 0 Å². The topological polar surface area (TPSA) is 92.9 Å². The second kappa shape index (κ2) is 5.89. The summed E-state index contributed by atoms with van der Waals surface area (Å²) in [5.74, 6) is -0.481. The number of benzene rings is 1. The van der Waals surface area contributed by atoms with Crippen LogP contribution in [0.5, 0.6) is 5.75 Å². The fourth-order valence-electron chi connectivity index (χ4n) is 2.91. The zero-order chi connectivity index (χ0) is 17.6.